The normalized spacial score (nSPS) is 17.7. The minimum absolute atomic E-state index is 0.165. The van der Waals surface area contributed by atoms with Gasteiger partial charge in [0, 0.05) is 5.56 Å². The molecule has 0 spiro atoms. The zero-order chi connectivity index (χ0) is 17.9. The smallest absolute Gasteiger partial charge is 0.263 e. The average Bonchev–Trinajstić information content (AvgIpc) is 3.18. The molecule has 1 atom stereocenters. The van der Waals surface area contributed by atoms with Gasteiger partial charge in [-0.2, -0.15) is 10.1 Å². The van der Waals surface area contributed by atoms with Gasteiger partial charge in [0.2, 0.25) is 5.95 Å². The maximum atomic E-state index is 12.5. The molecule has 9 nitrogen and oxygen atoms in total. The third-order valence-corrected chi connectivity index (χ3v) is 5.14. The monoisotopic (exact) mass is 362 g/mol. The van der Waals surface area contributed by atoms with Crippen molar-refractivity contribution in [2.24, 2.45) is 4.99 Å². The average molecular weight is 362 g/mol. The Bertz CT molecular complexity index is 892. The molecule has 0 saturated carbocycles. The Morgan fingerprint density at radius 3 is 2.88 bits per heavy atom. The number of aromatic amines is 1. The van der Waals surface area contributed by atoms with Crippen molar-refractivity contribution in [2.75, 3.05) is 5.32 Å². The minimum Gasteiger partial charge on any atom is -0.293 e. The quantitative estimate of drug-likeness (QED) is 0.707. The van der Waals surface area contributed by atoms with E-state index in [1.807, 2.05) is 6.92 Å². The van der Waals surface area contributed by atoms with E-state index in [0.717, 1.165) is 12.8 Å². The number of fused-ring (bicyclic) bond motifs is 1. The van der Waals surface area contributed by atoms with Crippen LogP contribution in [0.25, 0.3) is 0 Å². The molecule has 0 unspecified atom stereocenters. The van der Waals surface area contributed by atoms with Gasteiger partial charge in [-0.25, -0.2) is 13.5 Å². The van der Waals surface area contributed by atoms with Crippen LogP contribution in [0, 0.1) is 0 Å². The van der Waals surface area contributed by atoms with Crippen LogP contribution in [0.15, 0.2) is 40.5 Å². The molecule has 3 rings (SSSR count). The number of carbonyl (C=O) groups excluding carboxylic acids is 1. The maximum Gasteiger partial charge on any atom is 0.263 e. The number of hydrogen-bond donors (Lipinski definition) is 3. The van der Waals surface area contributed by atoms with Crippen molar-refractivity contribution >= 4 is 27.7 Å². The lowest BCUT2D eigenvalue weighted by atomic mass is 10.1. The van der Waals surface area contributed by atoms with Crippen LogP contribution in [-0.4, -0.2) is 41.4 Å². The molecular formula is C15H18N6O3S. The molecule has 0 fully saturated rings. The van der Waals surface area contributed by atoms with Crippen LogP contribution in [-0.2, 0) is 14.8 Å². The van der Waals surface area contributed by atoms with Gasteiger partial charge in [-0.05, 0) is 18.6 Å². The van der Waals surface area contributed by atoms with Crippen LogP contribution in [0.5, 0.6) is 0 Å². The van der Waals surface area contributed by atoms with E-state index in [1.54, 1.807) is 18.2 Å². The zero-order valence-corrected chi connectivity index (χ0v) is 14.4. The summed E-state index contributed by atoms with van der Waals surface area (Å²) in [5.41, 5.74) is 0.469. The predicted molar refractivity (Wildman–Crippen MR) is 91.6 cm³/mol. The van der Waals surface area contributed by atoms with Gasteiger partial charge in [0.1, 0.15) is 18.2 Å². The molecule has 1 aromatic carbocycles. The zero-order valence-electron chi connectivity index (χ0n) is 13.6. The first-order valence-corrected chi connectivity index (χ1v) is 9.36. The second kappa shape index (κ2) is 7.01. The molecule has 1 aliphatic heterocycles. The molecular weight excluding hydrogens is 344 g/mol. The highest BCUT2D eigenvalue weighted by atomic mass is 32.2. The number of hydrogen-bond acceptors (Lipinski definition) is 6. The third kappa shape index (κ3) is 3.68. The summed E-state index contributed by atoms with van der Waals surface area (Å²) in [6.45, 7) is 2.01. The summed E-state index contributed by atoms with van der Waals surface area (Å²) >= 11 is 0. The van der Waals surface area contributed by atoms with Crippen molar-refractivity contribution in [1.82, 2.24) is 19.9 Å². The standard InChI is InChI=1S/C15H18N6O3S/c1-2-3-7-11(14(22)19-15-16-9-17-20-15)18-13-10-6-4-5-8-12(10)25(23,24)21-13/h4-6,8-9,11H,2-3,7H2,1H3,(H,18,21)(H2,16,17,19,20,22)/t11-/m1/s1. The number of aromatic nitrogens is 3. The van der Waals surface area contributed by atoms with Gasteiger partial charge in [-0.1, -0.05) is 31.9 Å². The number of nitrogens with one attached hydrogen (secondary N) is 3. The number of amides is 1. The van der Waals surface area contributed by atoms with Gasteiger partial charge < -0.3 is 0 Å². The summed E-state index contributed by atoms with van der Waals surface area (Å²) in [5.74, 6) is 0.0322. The number of aliphatic imine (C=N–C) groups is 1. The van der Waals surface area contributed by atoms with Gasteiger partial charge in [0.25, 0.3) is 15.9 Å². The Morgan fingerprint density at radius 2 is 2.16 bits per heavy atom. The highest BCUT2D eigenvalue weighted by Crippen LogP contribution is 2.23. The van der Waals surface area contributed by atoms with E-state index in [1.165, 1.54) is 12.4 Å². The second-order valence-corrected chi connectivity index (χ2v) is 7.21. The summed E-state index contributed by atoms with van der Waals surface area (Å²) in [7, 11) is -3.64. The van der Waals surface area contributed by atoms with E-state index in [9.17, 15) is 13.2 Å². The summed E-state index contributed by atoms with van der Waals surface area (Å²) in [6, 6.07) is 5.81. The molecule has 10 heteroatoms. The lowest BCUT2D eigenvalue weighted by Crippen LogP contribution is -2.31. The van der Waals surface area contributed by atoms with Gasteiger partial charge >= 0.3 is 0 Å². The largest absolute Gasteiger partial charge is 0.293 e. The topological polar surface area (TPSA) is 129 Å². The predicted octanol–water partition coefficient (Wildman–Crippen LogP) is 1.04. The van der Waals surface area contributed by atoms with Gasteiger partial charge in [0.05, 0.1) is 4.90 Å². The highest BCUT2D eigenvalue weighted by molar-refractivity contribution is 7.90. The summed E-state index contributed by atoms with van der Waals surface area (Å²) in [5, 5.41) is 8.82. The minimum atomic E-state index is -3.64. The molecule has 0 radical (unpaired) electrons. The van der Waals surface area contributed by atoms with E-state index in [2.05, 4.69) is 30.2 Å². The van der Waals surface area contributed by atoms with Crippen LogP contribution in [0.4, 0.5) is 5.95 Å². The van der Waals surface area contributed by atoms with Gasteiger partial charge in [0.15, 0.2) is 0 Å². The van der Waals surface area contributed by atoms with Crippen LogP contribution in [0.2, 0.25) is 0 Å². The van der Waals surface area contributed by atoms with Crippen molar-refractivity contribution < 1.29 is 13.2 Å². The van der Waals surface area contributed by atoms with Crippen LogP contribution >= 0.6 is 0 Å². The van der Waals surface area contributed by atoms with Crippen LogP contribution < -0.4 is 10.0 Å². The Labute approximate surface area is 145 Å². The number of anilines is 1. The first kappa shape index (κ1) is 17.1. The number of H-pyrrole nitrogens is 1. The molecule has 2 heterocycles. The molecule has 25 heavy (non-hydrogen) atoms. The number of rotatable bonds is 6. The lowest BCUT2D eigenvalue weighted by molar-refractivity contribution is -0.117. The summed E-state index contributed by atoms with van der Waals surface area (Å²) < 4.78 is 26.8. The Hall–Kier alpha value is -2.75. The first-order valence-electron chi connectivity index (χ1n) is 7.87. The Balaban J connectivity index is 1.89. The van der Waals surface area contributed by atoms with E-state index in [0.29, 0.717) is 12.0 Å². The fourth-order valence-corrected chi connectivity index (χ4v) is 3.74. The second-order valence-electron chi connectivity index (χ2n) is 5.56. The van der Waals surface area contributed by atoms with E-state index < -0.39 is 16.1 Å². The SMILES string of the molecule is CCCC[C@@H](N=C1NS(=O)(=O)c2ccccc21)C(=O)Nc1ncn[nH]1. The molecule has 0 bridgehead atoms. The molecule has 1 aliphatic rings. The van der Waals surface area contributed by atoms with Crippen molar-refractivity contribution in [1.29, 1.82) is 0 Å². The maximum absolute atomic E-state index is 12.5. The molecule has 0 aliphatic carbocycles. The number of sulfonamides is 1. The number of amidine groups is 1. The number of carbonyl (C=O) groups is 1. The Kier molecular flexibility index (Phi) is 4.79. The van der Waals surface area contributed by atoms with Crippen LogP contribution in [0.1, 0.15) is 31.7 Å². The van der Waals surface area contributed by atoms with Crippen molar-refractivity contribution in [3.63, 3.8) is 0 Å². The first-order chi connectivity index (χ1) is 12.0. The van der Waals surface area contributed by atoms with Gasteiger partial charge in [-0.3, -0.25) is 19.8 Å². The fourth-order valence-electron chi connectivity index (χ4n) is 2.50. The van der Waals surface area contributed by atoms with E-state index in [-0.39, 0.29) is 22.6 Å². The number of nitrogens with zero attached hydrogens (tertiary/aromatic N) is 3. The van der Waals surface area contributed by atoms with Crippen molar-refractivity contribution in [3.8, 4) is 0 Å². The number of unbranched alkanes of at least 4 members (excludes halogenated alkanes) is 1. The highest BCUT2D eigenvalue weighted by Gasteiger charge is 2.31. The van der Waals surface area contributed by atoms with Crippen molar-refractivity contribution in [2.45, 2.75) is 37.1 Å². The van der Waals surface area contributed by atoms with E-state index >= 15 is 0 Å². The lowest BCUT2D eigenvalue weighted by Gasteiger charge is -2.12. The summed E-state index contributed by atoms with van der Waals surface area (Å²) in [6.07, 6.45) is 3.44. The third-order valence-electron chi connectivity index (χ3n) is 3.74. The molecule has 2 aromatic rings. The molecule has 1 aromatic heterocycles. The number of benzene rings is 1. The van der Waals surface area contributed by atoms with Gasteiger partial charge in [-0.15, -0.1) is 0 Å². The molecule has 0 saturated heterocycles. The summed E-state index contributed by atoms with van der Waals surface area (Å²) in [4.78, 5) is 20.9. The van der Waals surface area contributed by atoms with Crippen LogP contribution in [0.3, 0.4) is 0 Å². The molecule has 1 amide bonds. The fraction of sp³-hybridized carbons (Fsp3) is 0.333. The Morgan fingerprint density at radius 1 is 1.36 bits per heavy atom. The molecule has 3 N–H and O–H groups in total. The van der Waals surface area contributed by atoms with Crippen molar-refractivity contribution in [3.05, 3.63) is 36.2 Å². The van der Waals surface area contributed by atoms with E-state index in [4.69, 9.17) is 0 Å². The molecule has 132 valence electrons.